The number of nitrogen functional groups attached to an aromatic ring is 1. The summed E-state index contributed by atoms with van der Waals surface area (Å²) in [5.74, 6) is -1.95. The number of hydrogen-bond acceptors (Lipinski definition) is 9. The van der Waals surface area contributed by atoms with Crippen LogP contribution in [0.4, 0.5) is 31.0 Å². The fourth-order valence-electron chi connectivity index (χ4n) is 4.24. The van der Waals surface area contributed by atoms with E-state index in [2.05, 4.69) is 41.1 Å². The van der Waals surface area contributed by atoms with Crippen LogP contribution in [-0.4, -0.2) is 43.8 Å². The molecule has 2 aromatic carbocycles. The van der Waals surface area contributed by atoms with Gasteiger partial charge in [0, 0.05) is 18.3 Å². The molecule has 5 aromatic rings. The molecule has 0 saturated carbocycles. The molecule has 0 aliphatic rings. The fraction of sp³-hybridized carbons (Fsp3) is 0.172. The van der Waals surface area contributed by atoms with Crippen LogP contribution in [0.25, 0.3) is 22.2 Å². The maximum atomic E-state index is 13.7. The third-order valence-corrected chi connectivity index (χ3v) is 6.46. The zero-order chi connectivity index (χ0) is 30.5. The van der Waals surface area contributed by atoms with Crippen LogP contribution < -0.4 is 21.7 Å². The topological polar surface area (TPSA) is 173 Å². The number of carbonyl (C=O) groups is 2. The van der Waals surface area contributed by atoms with Gasteiger partial charge in [0.1, 0.15) is 11.6 Å². The van der Waals surface area contributed by atoms with Gasteiger partial charge in [-0.2, -0.15) is 5.10 Å². The van der Waals surface area contributed by atoms with Gasteiger partial charge in [-0.15, -0.1) is 0 Å². The lowest BCUT2D eigenvalue weighted by Crippen LogP contribution is -2.29. The molecule has 220 valence electrons. The summed E-state index contributed by atoms with van der Waals surface area (Å²) in [6.07, 6.45) is 2.41. The average Bonchev–Trinajstić information content (AvgIpc) is 3.39. The Morgan fingerprint density at radius 2 is 1.81 bits per heavy atom. The molecule has 12 nitrogen and oxygen atoms in total. The number of carbonyl (C=O) groups excluding carboxylic acids is 2. The average molecular weight is 588 g/mol. The molecule has 14 heteroatoms. The Bertz CT molecular complexity index is 1790. The van der Waals surface area contributed by atoms with E-state index in [1.807, 2.05) is 30.3 Å². The second-order valence-electron chi connectivity index (χ2n) is 9.45. The number of halogens is 2. The molecule has 1 atom stereocenters. The van der Waals surface area contributed by atoms with Crippen LogP contribution in [-0.2, 0) is 11.3 Å². The molecule has 0 radical (unpaired) electrons. The van der Waals surface area contributed by atoms with E-state index in [-0.39, 0.29) is 23.9 Å². The van der Waals surface area contributed by atoms with Crippen LogP contribution in [0.15, 0.2) is 60.9 Å². The molecule has 2 amide bonds. The molecule has 0 bridgehead atoms. The molecule has 0 saturated heterocycles. The SMILES string of the molecule is CCOC(=O)Nc1[nH]nc2ncc(-c3ccc(CNc4ncc(N)nc4C(=O)N[C@@H](C)c4ccc(F)c(F)c4)cc3)cc12. The Labute approximate surface area is 244 Å². The smallest absolute Gasteiger partial charge is 0.412 e. The number of H-pyrrole nitrogens is 1. The third kappa shape index (κ3) is 6.64. The number of ether oxygens (including phenoxy) is 1. The molecule has 5 rings (SSSR count). The number of benzene rings is 2. The minimum absolute atomic E-state index is 0.0437. The zero-order valence-corrected chi connectivity index (χ0v) is 23.1. The standard InChI is InChI=1S/C29H27F2N9O3/c1-3-43-29(42)38-26-20-10-19(13-34-25(20)39-40-26)17-6-4-16(5-7-17)12-33-27-24(37-23(32)14-35-27)28(41)36-15(2)18-8-9-21(30)22(31)11-18/h4-11,13-15H,3,12H2,1-2H3,(H2,32,37)(H,33,35)(H,36,41)(H2,34,38,39,40,42)/t15-/m0/s1. The third-order valence-electron chi connectivity index (χ3n) is 6.46. The van der Waals surface area contributed by atoms with E-state index < -0.39 is 29.7 Å². The number of fused-ring (bicyclic) bond motifs is 1. The molecule has 3 heterocycles. The van der Waals surface area contributed by atoms with Gasteiger partial charge in [0.05, 0.1) is 24.2 Å². The van der Waals surface area contributed by atoms with Gasteiger partial charge >= 0.3 is 6.09 Å². The van der Waals surface area contributed by atoms with Gasteiger partial charge in [0.2, 0.25) is 0 Å². The highest BCUT2D eigenvalue weighted by Crippen LogP contribution is 2.27. The van der Waals surface area contributed by atoms with E-state index in [9.17, 15) is 18.4 Å². The van der Waals surface area contributed by atoms with Crippen molar-refractivity contribution in [3.63, 3.8) is 0 Å². The number of nitrogens with one attached hydrogen (secondary N) is 4. The summed E-state index contributed by atoms with van der Waals surface area (Å²) >= 11 is 0. The highest BCUT2D eigenvalue weighted by atomic mass is 19.2. The van der Waals surface area contributed by atoms with E-state index >= 15 is 0 Å². The van der Waals surface area contributed by atoms with Crippen molar-refractivity contribution >= 4 is 40.5 Å². The highest BCUT2D eigenvalue weighted by Gasteiger charge is 2.19. The van der Waals surface area contributed by atoms with E-state index in [1.165, 1.54) is 12.3 Å². The first-order valence-electron chi connectivity index (χ1n) is 13.2. The largest absolute Gasteiger partial charge is 0.450 e. The van der Waals surface area contributed by atoms with E-state index in [4.69, 9.17) is 10.5 Å². The van der Waals surface area contributed by atoms with E-state index in [0.717, 1.165) is 28.8 Å². The maximum absolute atomic E-state index is 13.7. The minimum Gasteiger partial charge on any atom is -0.450 e. The van der Waals surface area contributed by atoms with E-state index in [1.54, 1.807) is 20.0 Å². The fourth-order valence-corrected chi connectivity index (χ4v) is 4.24. The van der Waals surface area contributed by atoms with Crippen molar-refractivity contribution in [2.45, 2.75) is 26.4 Å². The van der Waals surface area contributed by atoms with Crippen LogP contribution in [0.5, 0.6) is 0 Å². The maximum Gasteiger partial charge on any atom is 0.412 e. The first-order chi connectivity index (χ1) is 20.7. The lowest BCUT2D eigenvalue weighted by atomic mass is 10.0. The number of amides is 2. The number of aromatic nitrogens is 5. The van der Waals surface area contributed by atoms with Gasteiger partial charge in [-0.25, -0.2) is 28.5 Å². The van der Waals surface area contributed by atoms with Crippen molar-refractivity contribution in [2.75, 3.05) is 23.0 Å². The second-order valence-corrected chi connectivity index (χ2v) is 9.45. The van der Waals surface area contributed by atoms with Gasteiger partial charge < -0.3 is 21.1 Å². The number of nitrogens with two attached hydrogens (primary N) is 1. The summed E-state index contributed by atoms with van der Waals surface area (Å²) in [7, 11) is 0. The van der Waals surface area contributed by atoms with Crippen molar-refractivity contribution in [1.82, 2.24) is 30.5 Å². The molecule has 0 aliphatic heterocycles. The summed E-state index contributed by atoms with van der Waals surface area (Å²) in [6, 6.07) is 12.2. The number of rotatable bonds is 9. The molecule has 0 aliphatic carbocycles. The predicted octanol–water partition coefficient (Wildman–Crippen LogP) is 4.95. The number of hydrogen-bond donors (Lipinski definition) is 5. The summed E-state index contributed by atoms with van der Waals surface area (Å²) in [6.45, 7) is 3.90. The van der Waals surface area contributed by atoms with Gasteiger partial charge in [-0.3, -0.25) is 15.2 Å². The predicted molar refractivity (Wildman–Crippen MR) is 156 cm³/mol. The molecule has 0 unspecified atom stereocenters. The molecule has 3 aromatic heterocycles. The van der Waals surface area contributed by atoms with Crippen molar-refractivity contribution in [3.8, 4) is 11.1 Å². The molecule has 0 spiro atoms. The van der Waals surface area contributed by atoms with Gasteiger partial charge in [-0.1, -0.05) is 30.3 Å². The number of pyridine rings is 1. The Balaban J connectivity index is 1.27. The van der Waals surface area contributed by atoms with Gasteiger partial charge in [-0.05, 0) is 48.7 Å². The first-order valence-corrected chi connectivity index (χ1v) is 13.2. The van der Waals surface area contributed by atoms with Crippen molar-refractivity contribution in [2.24, 2.45) is 0 Å². The van der Waals surface area contributed by atoms with Crippen LogP contribution in [0.2, 0.25) is 0 Å². The van der Waals surface area contributed by atoms with Crippen LogP contribution in [0.3, 0.4) is 0 Å². The lowest BCUT2D eigenvalue weighted by molar-refractivity contribution is 0.0935. The zero-order valence-electron chi connectivity index (χ0n) is 23.1. The monoisotopic (exact) mass is 587 g/mol. The van der Waals surface area contributed by atoms with Gasteiger partial charge in [0.15, 0.2) is 28.8 Å². The van der Waals surface area contributed by atoms with Crippen molar-refractivity contribution in [1.29, 1.82) is 0 Å². The molecule has 6 N–H and O–H groups in total. The number of aromatic amines is 1. The quantitative estimate of drug-likeness (QED) is 0.160. The Morgan fingerprint density at radius 1 is 1.02 bits per heavy atom. The van der Waals surface area contributed by atoms with Crippen LogP contribution >= 0.6 is 0 Å². The minimum atomic E-state index is -1.01. The Kier molecular flexibility index (Phi) is 8.36. The summed E-state index contributed by atoms with van der Waals surface area (Å²) in [4.78, 5) is 37.6. The second kappa shape index (κ2) is 12.5. The Morgan fingerprint density at radius 3 is 2.56 bits per heavy atom. The Hall–Kier alpha value is -5.66. The van der Waals surface area contributed by atoms with Crippen molar-refractivity contribution < 1.29 is 23.1 Å². The van der Waals surface area contributed by atoms with Crippen LogP contribution in [0.1, 0.15) is 41.5 Å². The summed E-state index contributed by atoms with van der Waals surface area (Å²) in [5.41, 5.74) is 9.13. The highest BCUT2D eigenvalue weighted by molar-refractivity contribution is 5.98. The molecule has 0 fully saturated rings. The van der Waals surface area contributed by atoms with Gasteiger partial charge in [0.25, 0.3) is 5.91 Å². The van der Waals surface area contributed by atoms with Crippen molar-refractivity contribution in [3.05, 3.63) is 89.4 Å². The number of anilines is 3. The summed E-state index contributed by atoms with van der Waals surface area (Å²) < 4.78 is 31.9. The van der Waals surface area contributed by atoms with E-state index in [0.29, 0.717) is 29.0 Å². The molecular weight excluding hydrogens is 560 g/mol. The van der Waals surface area contributed by atoms with Crippen LogP contribution in [0, 0.1) is 11.6 Å². The summed E-state index contributed by atoms with van der Waals surface area (Å²) in [5, 5.41) is 15.9. The molecular formula is C29H27F2N9O3. The lowest BCUT2D eigenvalue weighted by Gasteiger charge is -2.16. The normalized spacial score (nSPS) is 11.6. The first kappa shape index (κ1) is 28.9. The molecule has 43 heavy (non-hydrogen) atoms. The number of nitrogens with zero attached hydrogens (tertiary/aromatic N) is 4.